The molecular formula is C14H22N2O3S. The Morgan fingerprint density at radius 1 is 1.20 bits per heavy atom. The fraction of sp³-hybridized carbons (Fsp3) is 0.571. The van der Waals surface area contributed by atoms with Crippen molar-refractivity contribution < 1.29 is 13.2 Å². The second-order valence-electron chi connectivity index (χ2n) is 4.95. The average molecular weight is 298 g/mol. The third-order valence-corrected chi connectivity index (χ3v) is 4.78. The second kappa shape index (κ2) is 7.06. The largest absolute Gasteiger partial charge is 0.382 e. The second-order valence-corrected chi connectivity index (χ2v) is 6.72. The Morgan fingerprint density at radius 2 is 1.85 bits per heavy atom. The summed E-state index contributed by atoms with van der Waals surface area (Å²) in [5.41, 5.74) is 0.950. The molecule has 5 nitrogen and oxygen atoms in total. The van der Waals surface area contributed by atoms with Crippen molar-refractivity contribution in [2.24, 2.45) is 0 Å². The molecule has 1 aromatic rings. The fourth-order valence-electron chi connectivity index (χ4n) is 2.13. The van der Waals surface area contributed by atoms with Gasteiger partial charge in [-0.15, -0.1) is 0 Å². The van der Waals surface area contributed by atoms with Gasteiger partial charge in [0.25, 0.3) is 0 Å². The summed E-state index contributed by atoms with van der Waals surface area (Å²) in [4.78, 5) is 0.309. The molecule has 2 rings (SSSR count). The highest BCUT2D eigenvalue weighted by molar-refractivity contribution is 7.89. The van der Waals surface area contributed by atoms with Crippen LogP contribution in [0.5, 0.6) is 0 Å². The minimum absolute atomic E-state index is 0.309. The summed E-state index contributed by atoms with van der Waals surface area (Å²) in [6.45, 7) is 3.96. The number of hydrogen-bond donors (Lipinski definition) is 2. The van der Waals surface area contributed by atoms with Gasteiger partial charge in [0, 0.05) is 31.5 Å². The van der Waals surface area contributed by atoms with E-state index in [9.17, 15) is 8.42 Å². The van der Waals surface area contributed by atoms with Crippen LogP contribution in [0.4, 0.5) is 5.69 Å². The van der Waals surface area contributed by atoms with E-state index in [1.165, 1.54) is 0 Å². The summed E-state index contributed by atoms with van der Waals surface area (Å²) in [7, 11) is -3.37. The van der Waals surface area contributed by atoms with Crippen molar-refractivity contribution in [3.63, 3.8) is 0 Å². The molecule has 1 fully saturated rings. The number of rotatable bonds is 6. The monoisotopic (exact) mass is 298 g/mol. The molecule has 1 heterocycles. The lowest BCUT2D eigenvalue weighted by molar-refractivity contribution is 0.0904. The van der Waals surface area contributed by atoms with E-state index in [4.69, 9.17) is 4.74 Å². The number of hydrogen-bond acceptors (Lipinski definition) is 4. The van der Waals surface area contributed by atoms with E-state index >= 15 is 0 Å². The first-order valence-corrected chi connectivity index (χ1v) is 8.54. The van der Waals surface area contributed by atoms with Crippen LogP contribution in [0, 0.1) is 0 Å². The van der Waals surface area contributed by atoms with Crippen LogP contribution >= 0.6 is 0 Å². The molecule has 0 saturated carbocycles. The van der Waals surface area contributed by atoms with Crippen LogP contribution in [-0.2, 0) is 14.8 Å². The molecule has 0 bridgehead atoms. The number of sulfonamides is 1. The lowest BCUT2D eigenvalue weighted by atomic mass is 10.1. The van der Waals surface area contributed by atoms with Crippen LogP contribution in [0.3, 0.4) is 0 Å². The van der Waals surface area contributed by atoms with Gasteiger partial charge in [0.1, 0.15) is 0 Å². The van der Waals surface area contributed by atoms with Crippen molar-refractivity contribution in [1.29, 1.82) is 0 Å². The van der Waals surface area contributed by atoms with Gasteiger partial charge >= 0.3 is 0 Å². The van der Waals surface area contributed by atoms with Crippen molar-refractivity contribution in [3.05, 3.63) is 24.3 Å². The van der Waals surface area contributed by atoms with E-state index in [0.29, 0.717) is 17.5 Å². The van der Waals surface area contributed by atoms with Gasteiger partial charge in [-0.1, -0.05) is 6.92 Å². The molecule has 112 valence electrons. The Labute approximate surface area is 120 Å². The van der Waals surface area contributed by atoms with Gasteiger partial charge in [-0.25, -0.2) is 13.1 Å². The zero-order chi connectivity index (χ0) is 14.4. The highest BCUT2D eigenvalue weighted by atomic mass is 32.2. The Hall–Kier alpha value is -1.11. The van der Waals surface area contributed by atoms with Gasteiger partial charge in [0.2, 0.25) is 10.0 Å². The maximum Gasteiger partial charge on any atom is 0.240 e. The lowest BCUT2D eigenvalue weighted by Crippen LogP contribution is -2.28. The van der Waals surface area contributed by atoms with Gasteiger partial charge < -0.3 is 10.1 Å². The molecule has 0 unspecified atom stereocenters. The summed E-state index contributed by atoms with van der Waals surface area (Å²) in [5, 5.41) is 3.41. The molecule has 0 aromatic heterocycles. The fourth-order valence-corrected chi connectivity index (χ4v) is 3.26. The first-order chi connectivity index (χ1) is 9.62. The van der Waals surface area contributed by atoms with E-state index in [1.807, 2.05) is 19.1 Å². The summed E-state index contributed by atoms with van der Waals surface area (Å²) < 4.78 is 31.8. The van der Waals surface area contributed by atoms with Crippen LogP contribution in [0.1, 0.15) is 26.2 Å². The zero-order valence-electron chi connectivity index (χ0n) is 11.8. The Kier molecular flexibility index (Phi) is 5.39. The highest BCUT2D eigenvalue weighted by Crippen LogP contribution is 2.17. The first kappa shape index (κ1) is 15.3. The van der Waals surface area contributed by atoms with Crippen LogP contribution in [0.25, 0.3) is 0 Å². The Morgan fingerprint density at radius 3 is 2.45 bits per heavy atom. The van der Waals surface area contributed by atoms with Crippen molar-refractivity contribution in [3.8, 4) is 0 Å². The number of ether oxygens (including phenoxy) is 1. The first-order valence-electron chi connectivity index (χ1n) is 7.06. The molecule has 2 N–H and O–H groups in total. The number of anilines is 1. The quantitative estimate of drug-likeness (QED) is 0.842. The molecule has 0 atom stereocenters. The normalized spacial score (nSPS) is 17.1. The van der Waals surface area contributed by atoms with E-state index < -0.39 is 10.0 Å². The molecule has 0 amide bonds. The zero-order valence-corrected chi connectivity index (χ0v) is 12.6. The maximum absolute atomic E-state index is 11.9. The third-order valence-electron chi connectivity index (χ3n) is 3.30. The molecule has 1 aliphatic rings. The van der Waals surface area contributed by atoms with Crippen molar-refractivity contribution in [2.75, 3.05) is 25.1 Å². The van der Waals surface area contributed by atoms with Crippen LogP contribution in [0.2, 0.25) is 0 Å². The molecule has 20 heavy (non-hydrogen) atoms. The summed E-state index contributed by atoms with van der Waals surface area (Å²) in [5.74, 6) is 0. The average Bonchev–Trinajstić information content (AvgIpc) is 2.47. The highest BCUT2D eigenvalue weighted by Gasteiger charge is 2.15. The van der Waals surface area contributed by atoms with Gasteiger partial charge in [0.15, 0.2) is 0 Å². The minimum atomic E-state index is -3.37. The van der Waals surface area contributed by atoms with Crippen molar-refractivity contribution in [2.45, 2.75) is 37.1 Å². The van der Waals surface area contributed by atoms with Crippen molar-refractivity contribution >= 4 is 15.7 Å². The van der Waals surface area contributed by atoms with Crippen LogP contribution < -0.4 is 10.0 Å². The smallest absolute Gasteiger partial charge is 0.240 e. The van der Waals surface area contributed by atoms with E-state index in [1.54, 1.807) is 12.1 Å². The predicted molar refractivity (Wildman–Crippen MR) is 79.4 cm³/mol. The molecule has 1 saturated heterocycles. The number of nitrogens with one attached hydrogen (secondary N) is 2. The standard InChI is InChI=1S/C14H22N2O3S/c1-2-9-15-20(17,18)14-5-3-12(4-6-14)16-13-7-10-19-11-8-13/h3-6,13,15-16H,2,7-11H2,1H3. The van der Waals surface area contributed by atoms with Crippen LogP contribution in [0.15, 0.2) is 29.2 Å². The Bertz CT molecular complexity index is 508. The Balaban J connectivity index is 1.98. The molecule has 6 heteroatoms. The molecular weight excluding hydrogens is 276 g/mol. The van der Waals surface area contributed by atoms with Gasteiger partial charge in [-0.05, 0) is 43.5 Å². The summed E-state index contributed by atoms with van der Waals surface area (Å²) >= 11 is 0. The van der Waals surface area contributed by atoms with E-state index in [2.05, 4.69) is 10.0 Å². The van der Waals surface area contributed by atoms with Gasteiger partial charge in [-0.3, -0.25) is 0 Å². The molecule has 0 spiro atoms. The van der Waals surface area contributed by atoms with Crippen LogP contribution in [-0.4, -0.2) is 34.2 Å². The summed E-state index contributed by atoms with van der Waals surface area (Å²) in [6, 6.07) is 7.31. The third kappa shape index (κ3) is 4.19. The lowest BCUT2D eigenvalue weighted by Gasteiger charge is -2.24. The minimum Gasteiger partial charge on any atom is -0.382 e. The van der Waals surface area contributed by atoms with Crippen molar-refractivity contribution in [1.82, 2.24) is 4.72 Å². The molecule has 0 aliphatic carbocycles. The van der Waals surface area contributed by atoms with E-state index in [0.717, 1.165) is 38.2 Å². The maximum atomic E-state index is 11.9. The molecule has 1 aliphatic heterocycles. The topological polar surface area (TPSA) is 67.4 Å². The molecule has 0 radical (unpaired) electrons. The van der Waals surface area contributed by atoms with E-state index in [-0.39, 0.29) is 0 Å². The molecule has 1 aromatic carbocycles. The van der Waals surface area contributed by atoms with Gasteiger partial charge in [0.05, 0.1) is 4.90 Å². The predicted octanol–water partition coefficient (Wildman–Crippen LogP) is 1.97. The summed E-state index contributed by atoms with van der Waals surface area (Å²) in [6.07, 6.45) is 2.75. The van der Waals surface area contributed by atoms with Gasteiger partial charge in [-0.2, -0.15) is 0 Å². The number of benzene rings is 1. The SMILES string of the molecule is CCCNS(=O)(=O)c1ccc(NC2CCOCC2)cc1.